The number of amides is 2. The smallest absolute Gasteiger partial charge is 0.324 e. The van der Waals surface area contributed by atoms with E-state index in [0.29, 0.717) is 18.6 Å². The predicted molar refractivity (Wildman–Crippen MR) is 85.8 cm³/mol. The minimum atomic E-state index is -4.61. The number of carbonyl (C=O) groups excluding carboxylic acids is 2. The van der Waals surface area contributed by atoms with Crippen molar-refractivity contribution in [2.75, 3.05) is 11.1 Å². The van der Waals surface area contributed by atoms with E-state index in [0.717, 1.165) is 12.1 Å². The van der Waals surface area contributed by atoms with Gasteiger partial charge in [-0.25, -0.2) is 0 Å². The number of fused-ring (bicyclic) bond motifs is 1. The zero-order valence-corrected chi connectivity index (χ0v) is 14.2. The van der Waals surface area contributed by atoms with E-state index in [4.69, 9.17) is 11.6 Å². The molecular formula is C15H14ClF3N2O2S. The molecule has 2 atom stereocenters. The number of thioether (sulfide) groups is 1. The van der Waals surface area contributed by atoms with E-state index < -0.39 is 33.6 Å². The van der Waals surface area contributed by atoms with Gasteiger partial charge >= 0.3 is 6.18 Å². The molecule has 0 aliphatic carbocycles. The van der Waals surface area contributed by atoms with Crippen LogP contribution in [-0.4, -0.2) is 33.4 Å². The molecule has 0 bridgehead atoms. The molecule has 130 valence electrons. The lowest BCUT2D eigenvalue weighted by molar-refractivity contribution is -0.137. The molecule has 2 saturated heterocycles. The highest BCUT2D eigenvalue weighted by Gasteiger charge is 2.52. The SMILES string of the molecule is C[C@]12CCC(=O)N1[C@@H](C(=O)Nc1ccc(Cl)c(C(F)(F)F)c1)CS2. The zero-order valence-electron chi connectivity index (χ0n) is 12.6. The standard InChI is InChI=1S/C15H14ClF3N2O2S/c1-14-5-4-12(22)21(14)11(7-24-14)13(23)20-8-2-3-10(16)9(6-8)15(17,18)19/h2-3,6,11H,4-5,7H2,1H3,(H,20,23)/t11-,14+/m1/s1. The summed E-state index contributed by atoms with van der Waals surface area (Å²) in [4.78, 5) is 25.6. The Bertz CT molecular complexity index is 712. The van der Waals surface area contributed by atoms with Crippen LogP contribution in [0.5, 0.6) is 0 Å². The van der Waals surface area contributed by atoms with Crippen LogP contribution in [0.1, 0.15) is 25.3 Å². The molecule has 2 amide bonds. The average Bonchev–Trinajstić information content (AvgIpc) is 2.97. The lowest BCUT2D eigenvalue weighted by Crippen LogP contribution is -2.48. The summed E-state index contributed by atoms with van der Waals surface area (Å²) in [6, 6.07) is 2.52. The van der Waals surface area contributed by atoms with Crippen LogP contribution in [0.3, 0.4) is 0 Å². The minimum absolute atomic E-state index is 0.00183. The lowest BCUT2D eigenvalue weighted by Gasteiger charge is -2.29. The van der Waals surface area contributed by atoms with Gasteiger partial charge in [0.05, 0.1) is 15.5 Å². The van der Waals surface area contributed by atoms with E-state index in [1.165, 1.54) is 17.8 Å². The second-order valence-electron chi connectivity index (χ2n) is 5.95. The first-order valence-electron chi connectivity index (χ1n) is 7.25. The van der Waals surface area contributed by atoms with E-state index in [1.807, 2.05) is 6.92 Å². The van der Waals surface area contributed by atoms with Crippen molar-refractivity contribution in [2.24, 2.45) is 0 Å². The van der Waals surface area contributed by atoms with E-state index in [-0.39, 0.29) is 11.6 Å². The van der Waals surface area contributed by atoms with Crippen LogP contribution in [0.2, 0.25) is 5.02 Å². The summed E-state index contributed by atoms with van der Waals surface area (Å²) >= 11 is 7.09. The molecule has 2 aliphatic rings. The van der Waals surface area contributed by atoms with Gasteiger partial charge in [-0.3, -0.25) is 9.59 Å². The Balaban J connectivity index is 1.80. The summed E-state index contributed by atoms with van der Waals surface area (Å²) in [5.41, 5.74) is -1.01. The summed E-state index contributed by atoms with van der Waals surface area (Å²) in [6.07, 6.45) is -3.56. The quantitative estimate of drug-likeness (QED) is 0.852. The largest absolute Gasteiger partial charge is 0.417 e. The van der Waals surface area contributed by atoms with Gasteiger partial charge in [0.2, 0.25) is 11.8 Å². The molecule has 3 rings (SSSR count). The average molecular weight is 379 g/mol. The highest BCUT2D eigenvalue weighted by Crippen LogP contribution is 2.47. The van der Waals surface area contributed by atoms with Crippen molar-refractivity contribution in [1.29, 1.82) is 0 Å². The molecule has 0 saturated carbocycles. The topological polar surface area (TPSA) is 49.4 Å². The van der Waals surface area contributed by atoms with Gasteiger partial charge in [0.1, 0.15) is 6.04 Å². The van der Waals surface area contributed by atoms with Crippen molar-refractivity contribution in [2.45, 2.75) is 36.9 Å². The third kappa shape index (κ3) is 2.97. The second kappa shape index (κ2) is 5.84. The molecule has 0 spiro atoms. The Kier molecular flexibility index (Phi) is 4.24. The molecule has 1 aromatic carbocycles. The van der Waals surface area contributed by atoms with Gasteiger partial charge in [0.25, 0.3) is 0 Å². The fourth-order valence-corrected chi connectivity index (χ4v) is 4.72. The van der Waals surface area contributed by atoms with Crippen molar-refractivity contribution in [3.05, 3.63) is 28.8 Å². The number of hydrogen-bond donors (Lipinski definition) is 1. The molecular weight excluding hydrogens is 365 g/mol. The molecule has 2 fully saturated rings. The highest BCUT2D eigenvalue weighted by molar-refractivity contribution is 8.01. The predicted octanol–water partition coefficient (Wildman–Crippen LogP) is 3.75. The molecule has 0 radical (unpaired) electrons. The van der Waals surface area contributed by atoms with Crippen molar-refractivity contribution >= 4 is 40.9 Å². The van der Waals surface area contributed by atoms with Crippen LogP contribution in [0.4, 0.5) is 18.9 Å². The Morgan fingerprint density at radius 1 is 1.46 bits per heavy atom. The van der Waals surface area contributed by atoms with Gasteiger partial charge in [-0.1, -0.05) is 11.6 Å². The summed E-state index contributed by atoms with van der Waals surface area (Å²) in [7, 11) is 0. The molecule has 0 unspecified atom stereocenters. The molecule has 2 heterocycles. The number of halogens is 4. The van der Waals surface area contributed by atoms with Crippen molar-refractivity contribution in [3.63, 3.8) is 0 Å². The number of alkyl halides is 3. The van der Waals surface area contributed by atoms with Gasteiger partial charge in [0.15, 0.2) is 0 Å². The molecule has 2 aliphatic heterocycles. The maximum Gasteiger partial charge on any atom is 0.417 e. The van der Waals surface area contributed by atoms with E-state index in [1.54, 1.807) is 4.90 Å². The molecule has 0 aromatic heterocycles. The Morgan fingerprint density at radius 2 is 2.17 bits per heavy atom. The maximum absolute atomic E-state index is 12.9. The molecule has 4 nitrogen and oxygen atoms in total. The number of nitrogens with one attached hydrogen (secondary N) is 1. The van der Waals surface area contributed by atoms with Crippen LogP contribution in [0.25, 0.3) is 0 Å². The number of anilines is 1. The molecule has 24 heavy (non-hydrogen) atoms. The van der Waals surface area contributed by atoms with Gasteiger partial charge in [-0.15, -0.1) is 11.8 Å². The van der Waals surface area contributed by atoms with Crippen molar-refractivity contribution in [1.82, 2.24) is 4.90 Å². The van der Waals surface area contributed by atoms with Gasteiger partial charge < -0.3 is 10.2 Å². The highest BCUT2D eigenvalue weighted by atomic mass is 35.5. The van der Waals surface area contributed by atoms with Crippen LogP contribution in [0.15, 0.2) is 18.2 Å². The first kappa shape index (κ1) is 17.4. The van der Waals surface area contributed by atoms with Gasteiger partial charge in [0, 0.05) is 17.9 Å². The zero-order chi connectivity index (χ0) is 17.7. The summed E-state index contributed by atoms with van der Waals surface area (Å²) in [5, 5.41) is 2.04. The third-order valence-electron chi connectivity index (χ3n) is 4.29. The number of rotatable bonds is 2. The van der Waals surface area contributed by atoms with Crippen LogP contribution in [-0.2, 0) is 15.8 Å². The molecule has 1 N–H and O–H groups in total. The van der Waals surface area contributed by atoms with E-state index >= 15 is 0 Å². The molecule has 1 aromatic rings. The summed E-state index contributed by atoms with van der Waals surface area (Å²) in [5.74, 6) is -0.167. The Morgan fingerprint density at radius 3 is 2.83 bits per heavy atom. The fourth-order valence-electron chi connectivity index (χ4n) is 3.06. The monoisotopic (exact) mass is 378 g/mol. The Labute approximate surface area is 145 Å². The van der Waals surface area contributed by atoms with Crippen molar-refractivity contribution in [3.8, 4) is 0 Å². The summed E-state index contributed by atoms with van der Waals surface area (Å²) in [6.45, 7) is 1.90. The van der Waals surface area contributed by atoms with Crippen LogP contribution >= 0.6 is 23.4 Å². The minimum Gasteiger partial charge on any atom is -0.324 e. The van der Waals surface area contributed by atoms with Crippen LogP contribution in [0, 0.1) is 0 Å². The van der Waals surface area contributed by atoms with Gasteiger partial charge in [-0.2, -0.15) is 13.2 Å². The number of benzene rings is 1. The number of carbonyl (C=O) groups is 2. The molecule has 9 heteroatoms. The van der Waals surface area contributed by atoms with Crippen molar-refractivity contribution < 1.29 is 22.8 Å². The third-order valence-corrected chi connectivity index (χ3v) is 6.12. The maximum atomic E-state index is 12.9. The van der Waals surface area contributed by atoms with E-state index in [9.17, 15) is 22.8 Å². The lowest BCUT2D eigenvalue weighted by atomic mass is 10.1. The number of hydrogen-bond acceptors (Lipinski definition) is 3. The first-order chi connectivity index (χ1) is 11.1. The number of nitrogens with zero attached hydrogens (tertiary/aromatic N) is 1. The first-order valence-corrected chi connectivity index (χ1v) is 8.62. The fraction of sp³-hybridized carbons (Fsp3) is 0.467. The normalized spacial score (nSPS) is 26.6. The van der Waals surface area contributed by atoms with E-state index in [2.05, 4.69) is 5.32 Å². The Hall–Kier alpha value is -1.41. The summed E-state index contributed by atoms with van der Waals surface area (Å²) < 4.78 is 38.7. The second-order valence-corrected chi connectivity index (χ2v) is 7.86. The van der Waals surface area contributed by atoms with Crippen LogP contribution < -0.4 is 5.32 Å². The van der Waals surface area contributed by atoms with Gasteiger partial charge in [-0.05, 0) is 31.5 Å².